The number of carbonyl (C=O) groups excluding carboxylic acids is 2. The number of anilines is 1. The van der Waals surface area contributed by atoms with Gasteiger partial charge in [-0.05, 0) is 36.2 Å². The highest BCUT2D eigenvalue weighted by Gasteiger charge is 2.15. The van der Waals surface area contributed by atoms with Gasteiger partial charge >= 0.3 is 6.61 Å². The zero-order chi connectivity index (χ0) is 18.9. The Labute approximate surface area is 150 Å². The standard InChI is InChI=1S/C19H20F2N2O3/c1-2-5-17(24)23-14-10-8-13(9-11-14)12-22-18(25)15-6-3-4-7-16(15)26-19(20)21/h3-4,6-11,19H,2,5,12H2,1H3,(H,22,25)(H,23,24). The Morgan fingerprint density at radius 3 is 2.42 bits per heavy atom. The molecule has 0 radical (unpaired) electrons. The van der Waals surface area contributed by atoms with E-state index in [1.165, 1.54) is 18.2 Å². The molecule has 0 aromatic heterocycles. The number of nitrogens with one attached hydrogen (secondary N) is 2. The molecule has 0 heterocycles. The monoisotopic (exact) mass is 362 g/mol. The van der Waals surface area contributed by atoms with Crippen LogP contribution in [0.15, 0.2) is 48.5 Å². The van der Waals surface area contributed by atoms with E-state index in [1.807, 2.05) is 6.92 Å². The number of rotatable bonds is 8. The Morgan fingerprint density at radius 2 is 1.77 bits per heavy atom. The zero-order valence-electron chi connectivity index (χ0n) is 14.3. The van der Waals surface area contributed by atoms with Crippen LogP contribution in [0.4, 0.5) is 14.5 Å². The second-order valence-corrected chi connectivity index (χ2v) is 5.55. The normalized spacial score (nSPS) is 10.5. The second kappa shape index (κ2) is 9.50. The Balaban J connectivity index is 1.94. The summed E-state index contributed by atoms with van der Waals surface area (Å²) in [4.78, 5) is 23.8. The van der Waals surface area contributed by atoms with E-state index >= 15 is 0 Å². The van der Waals surface area contributed by atoms with E-state index in [1.54, 1.807) is 30.3 Å². The first-order chi connectivity index (χ1) is 12.5. The number of alkyl halides is 2. The Morgan fingerprint density at radius 1 is 1.08 bits per heavy atom. The highest BCUT2D eigenvalue weighted by atomic mass is 19.3. The quantitative estimate of drug-likeness (QED) is 0.747. The molecule has 0 aliphatic carbocycles. The molecule has 5 nitrogen and oxygen atoms in total. The number of hydrogen-bond donors (Lipinski definition) is 2. The maximum atomic E-state index is 12.4. The summed E-state index contributed by atoms with van der Waals surface area (Å²) in [7, 11) is 0. The van der Waals surface area contributed by atoms with Crippen LogP contribution in [0, 0.1) is 0 Å². The molecular weight excluding hydrogens is 342 g/mol. The van der Waals surface area contributed by atoms with Gasteiger partial charge in [-0.15, -0.1) is 0 Å². The van der Waals surface area contributed by atoms with Gasteiger partial charge in [-0.3, -0.25) is 9.59 Å². The van der Waals surface area contributed by atoms with E-state index in [4.69, 9.17) is 0 Å². The highest BCUT2D eigenvalue weighted by molar-refractivity contribution is 5.96. The smallest absolute Gasteiger partial charge is 0.387 e. The van der Waals surface area contributed by atoms with E-state index in [2.05, 4.69) is 15.4 Å². The van der Waals surface area contributed by atoms with Crippen molar-refractivity contribution < 1.29 is 23.1 Å². The fraction of sp³-hybridized carbons (Fsp3) is 0.263. The van der Waals surface area contributed by atoms with E-state index in [0.717, 1.165) is 12.0 Å². The van der Waals surface area contributed by atoms with Crippen LogP contribution in [0.5, 0.6) is 5.75 Å². The van der Waals surface area contributed by atoms with Gasteiger partial charge in [-0.2, -0.15) is 8.78 Å². The molecule has 0 saturated carbocycles. The van der Waals surface area contributed by atoms with Crippen molar-refractivity contribution >= 4 is 17.5 Å². The molecule has 0 bridgehead atoms. The molecule has 0 saturated heterocycles. The SMILES string of the molecule is CCCC(=O)Nc1ccc(CNC(=O)c2ccccc2OC(F)F)cc1. The lowest BCUT2D eigenvalue weighted by Crippen LogP contribution is -2.23. The van der Waals surface area contributed by atoms with Crippen molar-refractivity contribution in [3.05, 3.63) is 59.7 Å². The molecule has 138 valence electrons. The molecule has 7 heteroatoms. The average Bonchev–Trinajstić information content (AvgIpc) is 2.61. The van der Waals surface area contributed by atoms with Gasteiger partial charge in [0.25, 0.3) is 5.91 Å². The maximum Gasteiger partial charge on any atom is 0.387 e. The zero-order valence-corrected chi connectivity index (χ0v) is 14.3. The number of amides is 2. The van der Waals surface area contributed by atoms with Crippen molar-refractivity contribution in [2.75, 3.05) is 5.32 Å². The summed E-state index contributed by atoms with van der Waals surface area (Å²) < 4.78 is 29.2. The minimum absolute atomic E-state index is 0.0382. The molecule has 0 atom stereocenters. The van der Waals surface area contributed by atoms with Crippen LogP contribution in [0.25, 0.3) is 0 Å². The third-order valence-corrected chi connectivity index (χ3v) is 3.52. The van der Waals surface area contributed by atoms with Crippen LogP contribution >= 0.6 is 0 Å². The summed E-state index contributed by atoms with van der Waals surface area (Å²) in [5.41, 5.74) is 1.52. The second-order valence-electron chi connectivity index (χ2n) is 5.55. The number of hydrogen-bond acceptors (Lipinski definition) is 3. The minimum Gasteiger partial charge on any atom is -0.434 e. The molecule has 0 aliphatic heterocycles. The lowest BCUT2D eigenvalue weighted by Gasteiger charge is -2.11. The predicted octanol–water partition coefficient (Wildman–Crippen LogP) is 3.96. The van der Waals surface area contributed by atoms with Crippen LogP contribution in [0.3, 0.4) is 0 Å². The average molecular weight is 362 g/mol. The number of carbonyl (C=O) groups is 2. The van der Waals surface area contributed by atoms with Gasteiger partial charge in [-0.25, -0.2) is 0 Å². The molecule has 0 spiro atoms. The minimum atomic E-state index is -3.00. The molecule has 0 unspecified atom stereocenters. The van der Waals surface area contributed by atoms with E-state index in [-0.39, 0.29) is 23.8 Å². The lowest BCUT2D eigenvalue weighted by molar-refractivity contribution is -0.116. The van der Waals surface area contributed by atoms with Crippen molar-refractivity contribution in [2.24, 2.45) is 0 Å². The van der Waals surface area contributed by atoms with Crippen molar-refractivity contribution in [3.63, 3.8) is 0 Å². The number of benzene rings is 2. The fourth-order valence-corrected chi connectivity index (χ4v) is 2.29. The summed E-state index contributed by atoms with van der Waals surface area (Å²) in [6.07, 6.45) is 1.23. The first kappa shape index (κ1) is 19.4. The van der Waals surface area contributed by atoms with Crippen LogP contribution in [-0.2, 0) is 11.3 Å². The van der Waals surface area contributed by atoms with Crippen molar-refractivity contribution in [1.82, 2.24) is 5.32 Å². The van der Waals surface area contributed by atoms with E-state index in [9.17, 15) is 18.4 Å². The summed E-state index contributed by atoms with van der Waals surface area (Å²) in [5.74, 6) is -0.736. The van der Waals surface area contributed by atoms with Gasteiger partial charge in [0.1, 0.15) is 5.75 Å². The molecule has 26 heavy (non-hydrogen) atoms. The summed E-state index contributed by atoms with van der Waals surface area (Å²) in [5, 5.41) is 5.43. The molecule has 2 rings (SSSR count). The van der Waals surface area contributed by atoms with Crippen LogP contribution in [0.2, 0.25) is 0 Å². The van der Waals surface area contributed by atoms with Gasteiger partial charge in [0, 0.05) is 18.7 Å². The third-order valence-electron chi connectivity index (χ3n) is 3.52. The molecule has 2 amide bonds. The molecule has 2 N–H and O–H groups in total. The number of para-hydroxylation sites is 1. The first-order valence-electron chi connectivity index (χ1n) is 8.20. The van der Waals surface area contributed by atoms with Crippen molar-refractivity contribution in [2.45, 2.75) is 32.9 Å². The fourth-order valence-electron chi connectivity index (χ4n) is 2.29. The molecular formula is C19H20F2N2O3. The number of halogens is 2. The van der Waals surface area contributed by atoms with Gasteiger partial charge < -0.3 is 15.4 Å². The van der Waals surface area contributed by atoms with Crippen molar-refractivity contribution in [1.29, 1.82) is 0 Å². The topological polar surface area (TPSA) is 67.4 Å². The molecule has 2 aromatic rings. The largest absolute Gasteiger partial charge is 0.434 e. The summed E-state index contributed by atoms with van der Waals surface area (Å²) in [6.45, 7) is -0.861. The van der Waals surface area contributed by atoms with Gasteiger partial charge in [0.2, 0.25) is 5.91 Å². The molecule has 0 aliphatic rings. The Kier molecular flexibility index (Phi) is 7.08. The summed E-state index contributed by atoms with van der Waals surface area (Å²) in [6, 6.07) is 12.8. The Bertz CT molecular complexity index is 749. The van der Waals surface area contributed by atoms with Gasteiger partial charge in [0.15, 0.2) is 0 Å². The Hall–Kier alpha value is -2.96. The molecule has 0 fully saturated rings. The van der Waals surface area contributed by atoms with Crippen LogP contribution < -0.4 is 15.4 Å². The number of ether oxygens (including phenoxy) is 1. The van der Waals surface area contributed by atoms with Crippen LogP contribution in [0.1, 0.15) is 35.7 Å². The predicted molar refractivity (Wildman–Crippen MR) is 94.2 cm³/mol. The van der Waals surface area contributed by atoms with Crippen molar-refractivity contribution in [3.8, 4) is 5.75 Å². The van der Waals surface area contributed by atoms with E-state index < -0.39 is 12.5 Å². The highest BCUT2D eigenvalue weighted by Crippen LogP contribution is 2.20. The van der Waals surface area contributed by atoms with E-state index in [0.29, 0.717) is 12.1 Å². The maximum absolute atomic E-state index is 12.4. The molecule has 2 aromatic carbocycles. The van der Waals surface area contributed by atoms with Crippen LogP contribution in [-0.4, -0.2) is 18.4 Å². The third kappa shape index (κ3) is 5.84. The first-order valence-corrected chi connectivity index (χ1v) is 8.20. The van der Waals surface area contributed by atoms with Gasteiger partial charge in [0.05, 0.1) is 5.56 Å². The lowest BCUT2D eigenvalue weighted by atomic mass is 10.1. The van der Waals surface area contributed by atoms with Gasteiger partial charge in [-0.1, -0.05) is 31.2 Å². The summed E-state index contributed by atoms with van der Waals surface area (Å²) >= 11 is 0.